The summed E-state index contributed by atoms with van der Waals surface area (Å²) in [5.74, 6) is 0. The molecule has 2 N–H and O–H groups in total. The Bertz CT molecular complexity index is 322. The van der Waals surface area contributed by atoms with E-state index in [0.29, 0.717) is 6.04 Å². The van der Waals surface area contributed by atoms with E-state index in [4.69, 9.17) is 4.74 Å². The van der Waals surface area contributed by atoms with Crippen molar-refractivity contribution >= 4 is 15.9 Å². The van der Waals surface area contributed by atoms with Gasteiger partial charge in [0.05, 0.1) is 12.3 Å². The summed E-state index contributed by atoms with van der Waals surface area (Å²) in [6.07, 6.45) is 1.81. The maximum atomic E-state index is 4.97. The van der Waals surface area contributed by atoms with Crippen LogP contribution in [-0.4, -0.2) is 37.8 Å². The molecule has 0 saturated heterocycles. The Morgan fingerprint density at radius 3 is 3.06 bits per heavy atom. The quantitative estimate of drug-likeness (QED) is 0.716. The number of aromatic nitrogens is 1. The Kier molecular flexibility index (Phi) is 7.35. The third-order valence-electron chi connectivity index (χ3n) is 2.39. The largest absolute Gasteiger partial charge is 0.383 e. The molecule has 96 valence electrons. The van der Waals surface area contributed by atoms with E-state index in [1.165, 1.54) is 0 Å². The first-order valence-corrected chi connectivity index (χ1v) is 6.55. The lowest BCUT2D eigenvalue weighted by atomic mass is 10.3. The van der Waals surface area contributed by atoms with Gasteiger partial charge in [-0.25, -0.2) is 0 Å². The van der Waals surface area contributed by atoms with Crippen molar-refractivity contribution < 1.29 is 4.74 Å². The highest BCUT2D eigenvalue weighted by atomic mass is 79.9. The number of nitrogens with zero attached hydrogens (tertiary/aromatic N) is 1. The molecule has 0 amide bonds. The van der Waals surface area contributed by atoms with Gasteiger partial charge in [0.15, 0.2) is 0 Å². The summed E-state index contributed by atoms with van der Waals surface area (Å²) >= 11 is 3.48. The van der Waals surface area contributed by atoms with Gasteiger partial charge in [0.25, 0.3) is 0 Å². The molecule has 4 nitrogen and oxygen atoms in total. The highest BCUT2D eigenvalue weighted by molar-refractivity contribution is 9.10. The van der Waals surface area contributed by atoms with Crippen LogP contribution in [0.3, 0.4) is 0 Å². The van der Waals surface area contributed by atoms with E-state index < -0.39 is 0 Å². The van der Waals surface area contributed by atoms with Crippen LogP contribution in [0.5, 0.6) is 0 Å². The summed E-state index contributed by atoms with van der Waals surface area (Å²) in [6.45, 7) is 5.48. The van der Waals surface area contributed by atoms with E-state index >= 15 is 0 Å². The fraction of sp³-hybridized carbons (Fsp3) is 0.583. The molecule has 0 radical (unpaired) electrons. The monoisotopic (exact) mass is 301 g/mol. The van der Waals surface area contributed by atoms with Gasteiger partial charge in [0.2, 0.25) is 0 Å². The summed E-state index contributed by atoms with van der Waals surface area (Å²) in [5, 5.41) is 6.74. The zero-order valence-electron chi connectivity index (χ0n) is 10.4. The molecule has 0 spiro atoms. The van der Waals surface area contributed by atoms with Crippen molar-refractivity contribution in [2.24, 2.45) is 0 Å². The van der Waals surface area contributed by atoms with Crippen LogP contribution >= 0.6 is 15.9 Å². The highest BCUT2D eigenvalue weighted by Crippen LogP contribution is 2.12. The van der Waals surface area contributed by atoms with Crippen molar-refractivity contribution in [2.45, 2.75) is 19.5 Å². The molecule has 1 aromatic heterocycles. The van der Waals surface area contributed by atoms with Crippen molar-refractivity contribution in [1.29, 1.82) is 0 Å². The number of hydrogen-bond donors (Lipinski definition) is 2. The Labute approximate surface area is 111 Å². The van der Waals surface area contributed by atoms with Crippen molar-refractivity contribution in [3.05, 3.63) is 28.5 Å². The van der Waals surface area contributed by atoms with Gasteiger partial charge in [-0.15, -0.1) is 0 Å². The summed E-state index contributed by atoms with van der Waals surface area (Å²) in [6, 6.07) is 4.33. The Hall–Kier alpha value is -0.490. The maximum absolute atomic E-state index is 4.97. The first-order chi connectivity index (χ1) is 8.24. The normalized spacial score (nSPS) is 12.6. The first kappa shape index (κ1) is 14.6. The average molecular weight is 302 g/mol. The van der Waals surface area contributed by atoms with Crippen LogP contribution in [-0.2, 0) is 11.3 Å². The lowest BCUT2D eigenvalue weighted by Crippen LogP contribution is -2.37. The summed E-state index contributed by atoms with van der Waals surface area (Å²) in [7, 11) is 1.71. The van der Waals surface area contributed by atoms with Gasteiger partial charge < -0.3 is 15.4 Å². The molecule has 5 heteroatoms. The fourth-order valence-electron chi connectivity index (χ4n) is 1.38. The molecule has 1 aromatic rings. The molecule has 1 rings (SSSR count). The van der Waals surface area contributed by atoms with E-state index in [1.807, 2.05) is 18.3 Å². The highest BCUT2D eigenvalue weighted by Gasteiger charge is 2.03. The summed E-state index contributed by atoms with van der Waals surface area (Å²) in [4.78, 5) is 4.31. The average Bonchev–Trinajstić information content (AvgIpc) is 2.34. The smallest absolute Gasteiger partial charge is 0.0683 e. The van der Waals surface area contributed by atoms with Crippen LogP contribution in [0.2, 0.25) is 0 Å². The van der Waals surface area contributed by atoms with E-state index in [9.17, 15) is 0 Å². The number of ether oxygens (including phenoxy) is 1. The lowest BCUT2D eigenvalue weighted by molar-refractivity contribution is 0.198. The molecule has 0 bridgehead atoms. The summed E-state index contributed by atoms with van der Waals surface area (Å²) < 4.78 is 6.02. The van der Waals surface area contributed by atoms with E-state index in [2.05, 4.69) is 38.5 Å². The number of methoxy groups -OCH3 is 1. The predicted octanol–water partition coefficient (Wildman–Crippen LogP) is 1.56. The summed E-state index contributed by atoms with van der Waals surface area (Å²) in [5.41, 5.74) is 1.04. The van der Waals surface area contributed by atoms with Crippen molar-refractivity contribution in [3.8, 4) is 0 Å². The minimum atomic E-state index is 0.403. The number of rotatable bonds is 8. The molecule has 1 atom stereocenters. The third kappa shape index (κ3) is 6.12. The SMILES string of the molecule is COCCNCC(C)NCc1ncccc1Br. The van der Waals surface area contributed by atoms with Gasteiger partial charge in [0.1, 0.15) is 0 Å². The molecule has 1 unspecified atom stereocenters. The Balaban J connectivity index is 2.19. The molecular weight excluding hydrogens is 282 g/mol. The van der Waals surface area contributed by atoms with Gasteiger partial charge in [-0.3, -0.25) is 4.98 Å². The number of halogens is 1. The van der Waals surface area contributed by atoms with E-state index in [-0.39, 0.29) is 0 Å². The fourth-order valence-corrected chi connectivity index (χ4v) is 1.78. The standard InChI is InChI=1S/C12H20BrN3O/c1-10(8-14-6-7-17-2)16-9-12-11(13)4-3-5-15-12/h3-5,10,14,16H,6-9H2,1-2H3. The predicted molar refractivity (Wildman–Crippen MR) is 73.0 cm³/mol. The lowest BCUT2D eigenvalue weighted by Gasteiger charge is -2.14. The van der Waals surface area contributed by atoms with Crippen LogP contribution in [0.15, 0.2) is 22.8 Å². The van der Waals surface area contributed by atoms with Gasteiger partial charge in [-0.2, -0.15) is 0 Å². The molecule has 1 heterocycles. The minimum absolute atomic E-state index is 0.403. The van der Waals surface area contributed by atoms with Crippen LogP contribution in [0, 0.1) is 0 Å². The second kappa shape index (κ2) is 8.58. The van der Waals surface area contributed by atoms with Gasteiger partial charge >= 0.3 is 0 Å². The number of nitrogens with one attached hydrogen (secondary N) is 2. The molecule has 0 aliphatic carbocycles. The molecule has 17 heavy (non-hydrogen) atoms. The van der Waals surface area contributed by atoms with Gasteiger partial charge in [-0.1, -0.05) is 0 Å². The molecule has 0 aliphatic heterocycles. The second-order valence-corrected chi connectivity index (χ2v) is 4.77. The zero-order chi connectivity index (χ0) is 12.5. The van der Waals surface area contributed by atoms with Crippen molar-refractivity contribution in [1.82, 2.24) is 15.6 Å². The second-order valence-electron chi connectivity index (χ2n) is 3.91. The molecular formula is C12H20BrN3O. The molecule has 0 aromatic carbocycles. The van der Waals surface area contributed by atoms with Gasteiger partial charge in [0, 0.05) is 43.5 Å². The molecule has 0 fully saturated rings. The van der Waals surface area contributed by atoms with Crippen LogP contribution in [0.4, 0.5) is 0 Å². The topological polar surface area (TPSA) is 46.2 Å². The van der Waals surface area contributed by atoms with E-state index in [1.54, 1.807) is 7.11 Å². The van der Waals surface area contributed by atoms with Crippen LogP contribution in [0.1, 0.15) is 12.6 Å². The first-order valence-electron chi connectivity index (χ1n) is 5.76. The molecule has 0 aliphatic rings. The third-order valence-corrected chi connectivity index (χ3v) is 3.11. The number of pyridine rings is 1. The zero-order valence-corrected chi connectivity index (χ0v) is 12.0. The van der Waals surface area contributed by atoms with Crippen LogP contribution in [0.25, 0.3) is 0 Å². The van der Waals surface area contributed by atoms with E-state index in [0.717, 1.165) is 36.4 Å². The Morgan fingerprint density at radius 1 is 1.53 bits per heavy atom. The Morgan fingerprint density at radius 2 is 2.35 bits per heavy atom. The van der Waals surface area contributed by atoms with Crippen LogP contribution < -0.4 is 10.6 Å². The number of hydrogen-bond acceptors (Lipinski definition) is 4. The maximum Gasteiger partial charge on any atom is 0.0683 e. The minimum Gasteiger partial charge on any atom is -0.383 e. The van der Waals surface area contributed by atoms with Crippen molar-refractivity contribution in [2.75, 3.05) is 26.8 Å². The van der Waals surface area contributed by atoms with Gasteiger partial charge in [-0.05, 0) is 35.0 Å². The van der Waals surface area contributed by atoms with Crippen molar-refractivity contribution in [3.63, 3.8) is 0 Å². The molecule has 0 saturated carbocycles.